The van der Waals surface area contributed by atoms with Gasteiger partial charge in [0.25, 0.3) is 0 Å². The van der Waals surface area contributed by atoms with Gasteiger partial charge in [-0.1, -0.05) is 61.0 Å². The summed E-state index contributed by atoms with van der Waals surface area (Å²) in [5, 5.41) is 0.304. The minimum Gasteiger partial charge on any atom is -0.330 e. The highest BCUT2D eigenvalue weighted by molar-refractivity contribution is 7.91. The van der Waals surface area contributed by atoms with Crippen LogP contribution in [0.4, 0.5) is 0 Å². The molecule has 3 rings (SSSR count). The van der Waals surface area contributed by atoms with E-state index >= 15 is 0 Å². The highest BCUT2D eigenvalue weighted by atomic mass is 35.5. The third kappa shape index (κ3) is 4.84. The van der Waals surface area contributed by atoms with Crippen molar-refractivity contribution in [2.45, 2.75) is 24.3 Å². The lowest BCUT2D eigenvalue weighted by Crippen LogP contribution is -2.24. The first kappa shape index (κ1) is 22.2. The quantitative estimate of drug-likeness (QED) is 0.760. The van der Waals surface area contributed by atoms with E-state index in [1.165, 1.54) is 5.56 Å². The molecule has 0 aliphatic carbocycles. The van der Waals surface area contributed by atoms with Gasteiger partial charge in [0.05, 0.1) is 15.7 Å². The Morgan fingerprint density at radius 3 is 2.44 bits per heavy atom. The van der Waals surface area contributed by atoms with E-state index in [1.807, 2.05) is 18.2 Å². The van der Waals surface area contributed by atoms with E-state index in [4.69, 9.17) is 17.3 Å². The van der Waals surface area contributed by atoms with Crippen molar-refractivity contribution in [3.05, 3.63) is 64.7 Å². The van der Waals surface area contributed by atoms with Crippen molar-refractivity contribution in [1.82, 2.24) is 4.90 Å². The van der Waals surface area contributed by atoms with Crippen molar-refractivity contribution in [3.63, 3.8) is 0 Å². The molecule has 148 valence electrons. The maximum absolute atomic E-state index is 12.5. The SMILES string of the molecule is CCS(=O)(=O)c1c(Cl)cccc1CN1C[C@@H](CN)[C@H](c2ccccc2)C1.Cl. The molecule has 1 aliphatic rings. The first-order chi connectivity index (χ1) is 12.5. The molecule has 0 bridgehead atoms. The second-order valence-electron chi connectivity index (χ2n) is 6.84. The van der Waals surface area contributed by atoms with Gasteiger partial charge in [0.2, 0.25) is 0 Å². The molecule has 27 heavy (non-hydrogen) atoms. The number of hydrogen-bond acceptors (Lipinski definition) is 4. The van der Waals surface area contributed by atoms with Gasteiger partial charge in [0, 0.05) is 25.6 Å². The molecular weight excluding hydrogens is 403 g/mol. The first-order valence-electron chi connectivity index (χ1n) is 8.93. The molecule has 0 spiro atoms. The van der Waals surface area contributed by atoms with Crippen LogP contribution in [0.1, 0.15) is 24.0 Å². The van der Waals surface area contributed by atoms with Crippen molar-refractivity contribution in [3.8, 4) is 0 Å². The van der Waals surface area contributed by atoms with Gasteiger partial charge >= 0.3 is 0 Å². The molecule has 2 atom stereocenters. The van der Waals surface area contributed by atoms with Crippen molar-refractivity contribution in [2.24, 2.45) is 11.7 Å². The highest BCUT2D eigenvalue weighted by Gasteiger charge is 2.33. The minimum absolute atomic E-state index is 0. The van der Waals surface area contributed by atoms with Crippen LogP contribution in [-0.2, 0) is 16.4 Å². The maximum Gasteiger partial charge on any atom is 0.179 e. The minimum atomic E-state index is -3.37. The van der Waals surface area contributed by atoms with Crippen LogP contribution < -0.4 is 5.73 Å². The third-order valence-corrected chi connectivity index (χ3v) is 7.47. The van der Waals surface area contributed by atoms with E-state index in [9.17, 15) is 8.42 Å². The van der Waals surface area contributed by atoms with Gasteiger partial charge in [-0.25, -0.2) is 8.42 Å². The normalized spacial score (nSPS) is 20.4. The second kappa shape index (κ2) is 9.39. The van der Waals surface area contributed by atoms with Crippen molar-refractivity contribution >= 4 is 33.8 Å². The Labute approximate surface area is 173 Å². The number of hydrogen-bond donors (Lipinski definition) is 1. The molecule has 1 saturated heterocycles. The maximum atomic E-state index is 12.5. The summed E-state index contributed by atoms with van der Waals surface area (Å²) in [5.74, 6) is 0.774. The summed E-state index contributed by atoms with van der Waals surface area (Å²) in [6, 6.07) is 15.7. The Morgan fingerprint density at radius 2 is 1.81 bits per heavy atom. The number of likely N-dealkylation sites (tertiary alicyclic amines) is 1. The number of nitrogens with zero attached hydrogens (tertiary/aromatic N) is 1. The molecule has 1 heterocycles. The summed E-state index contributed by atoms with van der Waals surface area (Å²) < 4.78 is 25.0. The number of nitrogens with two attached hydrogens (primary N) is 1. The van der Waals surface area contributed by atoms with Crippen LogP contribution in [0.15, 0.2) is 53.4 Å². The fourth-order valence-corrected chi connectivity index (χ4v) is 5.55. The zero-order valence-corrected chi connectivity index (χ0v) is 17.7. The smallest absolute Gasteiger partial charge is 0.179 e. The van der Waals surface area contributed by atoms with E-state index in [2.05, 4.69) is 29.2 Å². The summed E-state index contributed by atoms with van der Waals surface area (Å²) in [6.07, 6.45) is 0. The second-order valence-corrected chi connectivity index (χ2v) is 9.46. The van der Waals surface area contributed by atoms with Crippen LogP contribution in [-0.4, -0.2) is 38.7 Å². The molecule has 2 aromatic rings. The molecule has 1 fully saturated rings. The number of sulfone groups is 1. The zero-order valence-electron chi connectivity index (χ0n) is 15.3. The molecule has 0 amide bonds. The molecule has 0 unspecified atom stereocenters. The van der Waals surface area contributed by atoms with Crippen LogP contribution in [0.25, 0.3) is 0 Å². The summed E-state index contributed by atoms with van der Waals surface area (Å²) in [4.78, 5) is 2.56. The Kier molecular flexibility index (Phi) is 7.72. The number of halogens is 2. The standard InChI is InChI=1S/C20H25ClN2O2S.ClH/c1-2-26(24,25)20-16(9-6-10-19(20)21)12-23-13-17(11-22)18(14-23)15-7-4-3-5-8-15;/h3-10,17-18H,2,11-14,22H2,1H3;1H/t17-,18+;/m1./s1. The van der Waals surface area contributed by atoms with Gasteiger partial charge in [-0.3, -0.25) is 4.90 Å². The molecule has 2 aromatic carbocycles. The Bertz CT molecular complexity index is 860. The first-order valence-corrected chi connectivity index (χ1v) is 11.0. The van der Waals surface area contributed by atoms with Gasteiger partial charge in [0.1, 0.15) is 0 Å². The fourth-order valence-electron chi connectivity index (χ4n) is 3.82. The molecule has 0 aromatic heterocycles. The van der Waals surface area contributed by atoms with Gasteiger partial charge in [-0.2, -0.15) is 0 Å². The van der Waals surface area contributed by atoms with Crippen LogP contribution in [0, 0.1) is 5.92 Å². The van der Waals surface area contributed by atoms with Gasteiger partial charge in [0.15, 0.2) is 9.84 Å². The van der Waals surface area contributed by atoms with Gasteiger partial charge in [-0.15, -0.1) is 12.4 Å². The van der Waals surface area contributed by atoms with Crippen LogP contribution in [0.2, 0.25) is 5.02 Å². The van der Waals surface area contributed by atoms with Crippen molar-refractivity contribution in [2.75, 3.05) is 25.4 Å². The van der Waals surface area contributed by atoms with Crippen LogP contribution >= 0.6 is 24.0 Å². The molecule has 0 radical (unpaired) electrons. The summed E-state index contributed by atoms with van der Waals surface area (Å²) >= 11 is 6.24. The Hall–Kier alpha value is -1.11. The lowest BCUT2D eigenvalue weighted by molar-refractivity contribution is 0.314. The predicted octanol–water partition coefficient (Wildman–Crippen LogP) is 3.73. The average Bonchev–Trinajstić information content (AvgIpc) is 3.05. The Morgan fingerprint density at radius 1 is 1.11 bits per heavy atom. The average molecular weight is 429 g/mol. The predicted molar refractivity (Wildman–Crippen MR) is 113 cm³/mol. The summed E-state index contributed by atoms with van der Waals surface area (Å²) in [7, 11) is -3.37. The fraction of sp³-hybridized carbons (Fsp3) is 0.400. The summed E-state index contributed by atoms with van der Waals surface area (Å²) in [5.41, 5.74) is 8.08. The monoisotopic (exact) mass is 428 g/mol. The lowest BCUT2D eigenvalue weighted by atomic mass is 9.89. The zero-order chi connectivity index (χ0) is 18.7. The van der Waals surface area contributed by atoms with E-state index < -0.39 is 9.84 Å². The number of rotatable bonds is 6. The molecule has 0 saturated carbocycles. The highest BCUT2D eigenvalue weighted by Crippen LogP contribution is 2.34. The third-order valence-electron chi connectivity index (χ3n) is 5.18. The topological polar surface area (TPSA) is 63.4 Å². The van der Waals surface area contributed by atoms with Gasteiger partial charge < -0.3 is 5.73 Å². The number of benzene rings is 2. The summed E-state index contributed by atoms with van der Waals surface area (Å²) in [6.45, 7) is 4.55. The van der Waals surface area contributed by atoms with Crippen LogP contribution in [0.5, 0.6) is 0 Å². The Balaban J connectivity index is 0.00000261. The molecule has 7 heteroatoms. The van der Waals surface area contributed by atoms with E-state index in [1.54, 1.807) is 13.0 Å². The molecule has 4 nitrogen and oxygen atoms in total. The molecule has 2 N–H and O–H groups in total. The van der Waals surface area contributed by atoms with Crippen LogP contribution in [0.3, 0.4) is 0 Å². The molecule has 1 aliphatic heterocycles. The van der Waals surface area contributed by atoms with E-state index in [-0.39, 0.29) is 23.1 Å². The van der Waals surface area contributed by atoms with E-state index in [0.717, 1.165) is 18.7 Å². The van der Waals surface area contributed by atoms with Crippen molar-refractivity contribution < 1.29 is 8.42 Å². The van der Waals surface area contributed by atoms with E-state index in [0.29, 0.717) is 29.9 Å². The van der Waals surface area contributed by atoms with Gasteiger partial charge in [-0.05, 0) is 29.7 Å². The molecular formula is C20H26Cl2N2O2S. The lowest BCUT2D eigenvalue weighted by Gasteiger charge is -2.19. The van der Waals surface area contributed by atoms with Crippen molar-refractivity contribution in [1.29, 1.82) is 0 Å². The largest absolute Gasteiger partial charge is 0.330 e.